The summed E-state index contributed by atoms with van der Waals surface area (Å²) in [6, 6.07) is 0. The summed E-state index contributed by atoms with van der Waals surface area (Å²) in [4.78, 5) is 0. The minimum atomic E-state index is -0.720. The lowest BCUT2D eigenvalue weighted by Crippen LogP contribution is -2.63. The Morgan fingerprint density at radius 2 is 1.60 bits per heavy atom. The molecule has 4 fully saturated rings. The second-order valence-electron chi connectivity index (χ2n) is 11.0. The zero-order valence-corrected chi connectivity index (χ0v) is 16.6. The van der Waals surface area contributed by atoms with Gasteiger partial charge in [0, 0.05) is 5.41 Å². The summed E-state index contributed by atoms with van der Waals surface area (Å²) in [6.07, 6.45) is 9.15. The van der Waals surface area contributed by atoms with Gasteiger partial charge in [0.15, 0.2) is 0 Å². The smallest absolute Gasteiger partial charge is 0.0735 e. The fourth-order valence-corrected chi connectivity index (χ4v) is 8.34. The van der Waals surface area contributed by atoms with Gasteiger partial charge >= 0.3 is 0 Å². The van der Waals surface area contributed by atoms with Gasteiger partial charge in [-0.05, 0) is 101 Å². The molecule has 0 amide bonds. The van der Waals surface area contributed by atoms with Gasteiger partial charge in [-0.1, -0.05) is 13.8 Å². The molecule has 0 spiro atoms. The van der Waals surface area contributed by atoms with E-state index in [-0.39, 0.29) is 22.9 Å². The van der Waals surface area contributed by atoms with Crippen molar-refractivity contribution >= 4 is 0 Å². The van der Waals surface area contributed by atoms with Gasteiger partial charge in [0.25, 0.3) is 0 Å². The molecule has 0 bridgehead atoms. The van der Waals surface area contributed by atoms with Crippen LogP contribution in [0, 0.1) is 34.5 Å². The zero-order chi connectivity index (χ0) is 18.3. The highest BCUT2D eigenvalue weighted by Crippen LogP contribution is 2.70. The molecule has 8 atom stereocenters. The van der Waals surface area contributed by atoms with E-state index in [0.29, 0.717) is 17.8 Å². The molecule has 0 radical (unpaired) electrons. The predicted octanol–water partition coefficient (Wildman–Crippen LogP) is 3.89. The fraction of sp³-hybridized carbons (Fsp3) is 1.00. The number of aliphatic hydroxyl groups excluding tert-OH is 1. The van der Waals surface area contributed by atoms with Crippen molar-refractivity contribution in [3.05, 3.63) is 0 Å². The van der Waals surface area contributed by atoms with Gasteiger partial charge in [-0.2, -0.15) is 0 Å². The van der Waals surface area contributed by atoms with Gasteiger partial charge in [0.1, 0.15) is 0 Å². The summed E-state index contributed by atoms with van der Waals surface area (Å²) in [6.45, 7) is 8.58. The number of rotatable bonds is 1. The van der Waals surface area contributed by atoms with Gasteiger partial charge in [-0.25, -0.2) is 0 Å². The molecule has 4 aliphatic carbocycles. The third-order valence-corrected chi connectivity index (χ3v) is 9.68. The molecule has 0 aliphatic heterocycles. The second kappa shape index (κ2) is 5.45. The van der Waals surface area contributed by atoms with Gasteiger partial charge in [-0.3, -0.25) is 0 Å². The number of aliphatic hydroxyl groups is 3. The van der Waals surface area contributed by atoms with Crippen molar-refractivity contribution in [2.75, 3.05) is 0 Å². The van der Waals surface area contributed by atoms with Crippen molar-refractivity contribution in [1.82, 2.24) is 0 Å². The lowest BCUT2D eigenvalue weighted by Gasteiger charge is -2.64. The lowest BCUT2D eigenvalue weighted by molar-refractivity contribution is -0.221. The lowest BCUT2D eigenvalue weighted by atomic mass is 9.43. The maximum Gasteiger partial charge on any atom is 0.0735 e. The van der Waals surface area contributed by atoms with Crippen LogP contribution in [0.25, 0.3) is 0 Å². The Kier molecular flexibility index (Phi) is 3.98. The maximum atomic E-state index is 12.0. The molecule has 4 rings (SSSR count). The first kappa shape index (κ1) is 18.3. The van der Waals surface area contributed by atoms with Crippen molar-refractivity contribution in [3.8, 4) is 0 Å². The zero-order valence-electron chi connectivity index (χ0n) is 16.6. The molecule has 25 heavy (non-hydrogen) atoms. The molecule has 3 heteroatoms. The number of hydrogen-bond donors (Lipinski definition) is 3. The van der Waals surface area contributed by atoms with Gasteiger partial charge in [-0.15, -0.1) is 0 Å². The molecule has 0 saturated heterocycles. The Morgan fingerprint density at radius 1 is 0.880 bits per heavy atom. The Hall–Kier alpha value is -0.120. The van der Waals surface area contributed by atoms with Crippen LogP contribution in [0.4, 0.5) is 0 Å². The molecule has 0 aromatic carbocycles. The van der Waals surface area contributed by atoms with Crippen LogP contribution in [0.5, 0.6) is 0 Å². The molecule has 3 nitrogen and oxygen atoms in total. The van der Waals surface area contributed by atoms with Crippen LogP contribution in [0.15, 0.2) is 0 Å². The van der Waals surface area contributed by atoms with Crippen LogP contribution in [0.3, 0.4) is 0 Å². The first-order valence-corrected chi connectivity index (χ1v) is 10.7. The van der Waals surface area contributed by atoms with Crippen LogP contribution >= 0.6 is 0 Å². The first-order chi connectivity index (χ1) is 11.5. The van der Waals surface area contributed by atoms with Crippen molar-refractivity contribution in [3.63, 3.8) is 0 Å². The summed E-state index contributed by atoms with van der Waals surface area (Å²) >= 11 is 0. The molecule has 4 aliphatic rings. The normalized spacial score (nSPS) is 56.0. The Morgan fingerprint density at radius 3 is 2.28 bits per heavy atom. The Labute approximate surface area is 153 Å². The molecule has 4 saturated carbocycles. The SMILES string of the molecule is CC(C)(O)[C@H]1CC[C@]2(O)[C@@H]3CC[C@@H]4C[C@@H](O)CC[C@]4(C)[C@H]3CC[C@]12C. The highest BCUT2D eigenvalue weighted by molar-refractivity contribution is 5.18. The highest BCUT2D eigenvalue weighted by Gasteiger charge is 2.68. The third-order valence-electron chi connectivity index (χ3n) is 9.68. The second-order valence-corrected chi connectivity index (χ2v) is 11.0. The first-order valence-electron chi connectivity index (χ1n) is 10.7. The predicted molar refractivity (Wildman–Crippen MR) is 99.0 cm³/mol. The Balaban J connectivity index is 1.67. The van der Waals surface area contributed by atoms with E-state index in [1.54, 1.807) is 0 Å². The summed E-state index contributed by atoms with van der Waals surface area (Å²) < 4.78 is 0. The fourth-order valence-electron chi connectivity index (χ4n) is 8.34. The van der Waals surface area contributed by atoms with Crippen molar-refractivity contribution in [2.45, 2.75) is 103 Å². The minimum Gasteiger partial charge on any atom is -0.393 e. The van der Waals surface area contributed by atoms with E-state index in [0.717, 1.165) is 51.4 Å². The largest absolute Gasteiger partial charge is 0.393 e. The molecule has 0 aromatic rings. The van der Waals surface area contributed by atoms with E-state index >= 15 is 0 Å². The van der Waals surface area contributed by atoms with Crippen LogP contribution in [-0.2, 0) is 0 Å². The molecule has 0 heterocycles. The average molecular weight is 351 g/mol. The van der Waals surface area contributed by atoms with E-state index in [9.17, 15) is 15.3 Å². The van der Waals surface area contributed by atoms with Crippen molar-refractivity contribution in [2.24, 2.45) is 34.5 Å². The van der Waals surface area contributed by atoms with Crippen LogP contribution in [0.1, 0.15) is 85.5 Å². The highest BCUT2D eigenvalue weighted by atomic mass is 16.3. The number of hydrogen-bond acceptors (Lipinski definition) is 3. The molecule has 0 aromatic heterocycles. The van der Waals surface area contributed by atoms with Gasteiger partial charge < -0.3 is 15.3 Å². The standard InChI is InChI=1S/C22H38O3/c1-19(2,24)18-9-12-22(25)17-6-5-14-13-15(23)7-10-20(14,3)16(17)8-11-21(18,22)4/h14-18,23-25H,5-13H2,1-4H3/t14-,15+,16+,17-,18-,20+,21-,22+/m1/s1. The van der Waals surface area contributed by atoms with Crippen molar-refractivity contribution < 1.29 is 15.3 Å². The molecule has 0 unspecified atom stereocenters. The van der Waals surface area contributed by atoms with Crippen molar-refractivity contribution in [1.29, 1.82) is 0 Å². The van der Waals surface area contributed by atoms with E-state index in [1.165, 1.54) is 6.42 Å². The van der Waals surface area contributed by atoms with Gasteiger partial charge in [0.05, 0.1) is 17.3 Å². The topological polar surface area (TPSA) is 60.7 Å². The van der Waals surface area contributed by atoms with E-state index in [1.807, 2.05) is 13.8 Å². The molecule has 3 N–H and O–H groups in total. The van der Waals surface area contributed by atoms with E-state index in [2.05, 4.69) is 13.8 Å². The Bertz CT molecular complexity index is 540. The summed E-state index contributed by atoms with van der Waals surface area (Å²) in [5.41, 5.74) is -1.22. The minimum absolute atomic E-state index is 0.113. The van der Waals surface area contributed by atoms with E-state index < -0.39 is 11.2 Å². The van der Waals surface area contributed by atoms with Crippen LogP contribution < -0.4 is 0 Å². The summed E-state index contributed by atoms with van der Waals surface area (Å²) in [5.74, 6) is 1.76. The molecular weight excluding hydrogens is 312 g/mol. The summed E-state index contributed by atoms with van der Waals surface area (Å²) in [5, 5.41) is 32.9. The number of fused-ring (bicyclic) bond motifs is 5. The third kappa shape index (κ3) is 2.34. The maximum absolute atomic E-state index is 12.0. The average Bonchev–Trinajstić information content (AvgIpc) is 2.80. The summed E-state index contributed by atoms with van der Waals surface area (Å²) in [7, 11) is 0. The quantitative estimate of drug-likeness (QED) is 0.672. The van der Waals surface area contributed by atoms with Gasteiger partial charge in [0.2, 0.25) is 0 Å². The monoisotopic (exact) mass is 350 g/mol. The van der Waals surface area contributed by atoms with Crippen LogP contribution in [0.2, 0.25) is 0 Å². The van der Waals surface area contributed by atoms with Crippen LogP contribution in [-0.4, -0.2) is 32.6 Å². The van der Waals surface area contributed by atoms with E-state index in [4.69, 9.17) is 0 Å². The molecule has 144 valence electrons. The molecular formula is C22H38O3.